The first-order valence-electron chi connectivity index (χ1n) is 11.9. The SMILES string of the molecule is C=CCn1c(Cc2ccc(C(F)(F)F)cc2F)cc2cc(C(=O)NCc3ccc(S(=O)CC)cc3)ccc21. The van der Waals surface area contributed by atoms with Gasteiger partial charge in [0.25, 0.3) is 5.91 Å². The summed E-state index contributed by atoms with van der Waals surface area (Å²) in [5, 5.41) is 3.62. The average molecular weight is 543 g/mol. The number of nitrogens with zero attached hydrogens (tertiary/aromatic N) is 1. The molecule has 1 aromatic heterocycles. The monoisotopic (exact) mass is 542 g/mol. The minimum Gasteiger partial charge on any atom is -0.348 e. The van der Waals surface area contributed by atoms with E-state index in [0.29, 0.717) is 36.2 Å². The molecule has 0 bridgehead atoms. The minimum absolute atomic E-state index is 0.0762. The molecule has 9 heteroatoms. The highest BCUT2D eigenvalue weighted by atomic mass is 32.2. The van der Waals surface area contributed by atoms with E-state index >= 15 is 0 Å². The lowest BCUT2D eigenvalue weighted by Crippen LogP contribution is -2.22. The number of carbonyl (C=O) groups excluding carboxylic acids is 1. The maximum Gasteiger partial charge on any atom is 0.416 e. The van der Waals surface area contributed by atoms with Gasteiger partial charge in [0.15, 0.2) is 0 Å². The molecule has 3 aromatic carbocycles. The number of hydrogen-bond acceptors (Lipinski definition) is 2. The summed E-state index contributed by atoms with van der Waals surface area (Å²) < 4.78 is 67.1. The zero-order chi connectivity index (χ0) is 27.4. The van der Waals surface area contributed by atoms with Crippen LogP contribution in [0.1, 0.15) is 39.7 Å². The van der Waals surface area contributed by atoms with Gasteiger partial charge in [-0.1, -0.05) is 31.2 Å². The van der Waals surface area contributed by atoms with E-state index < -0.39 is 28.4 Å². The molecule has 1 amide bonds. The number of rotatable bonds is 9. The quantitative estimate of drug-likeness (QED) is 0.191. The first-order chi connectivity index (χ1) is 18.1. The molecule has 0 saturated heterocycles. The number of carbonyl (C=O) groups is 1. The average Bonchev–Trinajstić information content (AvgIpc) is 3.24. The molecule has 0 saturated carbocycles. The van der Waals surface area contributed by atoms with Crippen molar-refractivity contribution in [3.63, 3.8) is 0 Å². The molecule has 198 valence electrons. The summed E-state index contributed by atoms with van der Waals surface area (Å²) >= 11 is 0. The third-order valence-corrected chi connectivity index (χ3v) is 7.54. The van der Waals surface area contributed by atoms with Crippen LogP contribution < -0.4 is 5.32 Å². The maximum atomic E-state index is 14.5. The van der Waals surface area contributed by atoms with Crippen molar-refractivity contribution in [3.05, 3.63) is 113 Å². The fraction of sp³-hybridized carbons (Fsp3) is 0.207. The Kier molecular flexibility index (Phi) is 8.16. The first-order valence-corrected chi connectivity index (χ1v) is 13.3. The van der Waals surface area contributed by atoms with Gasteiger partial charge in [-0.15, -0.1) is 6.58 Å². The maximum absolute atomic E-state index is 14.5. The summed E-state index contributed by atoms with van der Waals surface area (Å²) in [6.45, 7) is 6.32. The number of amides is 1. The van der Waals surface area contributed by atoms with Crippen LogP contribution in [0.3, 0.4) is 0 Å². The van der Waals surface area contributed by atoms with E-state index in [4.69, 9.17) is 0 Å². The second kappa shape index (κ2) is 11.3. The summed E-state index contributed by atoms with van der Waals surface area (Å²) in [5.74, 6) is -0.669. The van der Waals surface area contributed by atoms with Gasteiger partial charge in [0.1, 0.15) is 5.82 Å². The van der Waals surface area contributed by atoms with Gasteiger partial charge in [-0.3, -0.25) is 9.00 Å². The van der Waals surface area contributed by atoms with Crippen LogP contribution in [0.25, 0.3) is 10.9 Å². The number of hydrogen-bond donors (Lipinski definition) is 1. The Morgan fingerprint density at radius 3 is 2.42 bits per heavy atom. The fourth-order valence-electron chi connectivity index (χ4n) is 4.23. The molecular formula is C29H26F4N2O2S. The summed E-state index contributed by atoms with van der Waals surface area (Å²) in [5.41, 5.74) is 1.88. The standard InChI is InChI=1S/C29H26F4N2O2S/c1-3-13-35-24(15-20-7-9-23(17-26(20)30)29(31,32)33)16-22-14-21(8-12-27(22)35)28(36)34-18-19-5-10-25(11-6-19)38(37)4-2/h3,5-12,14,16-17H,1,4,13,15,18H2,2H3,(H,34,36). The zero-order valence-electron chi connectivity index (χ0n) is 20.6. The molecule has 4 rings (SSSR count). The van der Waals surface area contributed by atoms with Gasteiger partial charge >= 0.3 is 6.18 Å². The molecule has 1 heterocycles. The predicted molar refractivity (Wildman–Crippen MR) is 141 cm³/mol. The first kappa shape index (κ1) is 27.3. The molecule has 1 atom stereocenters. The summed E-state index contributed by atoms with van der Waals surface area (Å²) in [6, 6.07) is 16.8. The summed E-state index contributed by atoms with van der Waals surface area (Å²) in [6.07, 6.45) is -2.87. The third kappa shape index (κ3) is 6.05. The van der Waals surface area contributed by atoms with Gasteiger partial charge in [-0.25, -0.2) is 4.39 Å². The molecule has 0 radical (unpaired) electrons. The molecule has 1 N–H and O–H groups in total. The van der Waals surface area contributed by atoms with E-state index in [1.165, 1.54) is 0 Å². The number of nitrogens with one attached hydrogen (secondary N) is 1. The number of fused-ring (bicyclic) bond motifs is 1. The number of benzene rings is 3. The van der Waals surface area contributed by atoms with Crippen molar-refractivity contribution in [2.75, 3.05) is 5.75 Å². The lowest BCUT2D eigenvalue weighted by atomic mass is 10.1. The lowest BCUT2D eigenvalue weighted by Gasteiger charge is -2.11. The van der Waals surface area contributed by atoms with Crippen LogP contribution in [0.5, 0.6) is 0 Å². The normalized spacial score (nSPS) is 12.4. The van der Waals surface area contributed by atoms with Crippen molar-refractivity contribution < 1.29 is 26.6 Å². The molecule has 4 aromatic rings. The highest BCUT2D eigenvalue weighted by Crippen LogP contribution is 2.31. The molecule has 0 fully saturated rings. The molecule has 4 nitrogen and oxygen atoms in total. The fourth-order valence-corrected chi connectivity index (χ4v) is 5.01. The minimum atomic E-state index is -4.62. The molecule has 0 aliphatic rings. The van der Waals surface area contributed by atoms with Crippen molar-refractivity contribution >= 4 is 27.6 Å². The Bertz CT molecular complexity index is 1510. The van der Waals surface area contributed by atoms with Crippen LogP contribution >= 0.6 is 0 Å². The van der Waals surface area contributed by atoms with Crippen LogP contribution in [-0.2, 0) is 36.5 Å². The molecule has 0 aliphatic heterocycles. The van der Waals surface area contributed by atoms with Crippen molar-refractivity contribution in [2.45, 2.75) is 37.5 Å². The van der Waals surface area contributed by atoms with Crippen molar-refractivity contribution in [3.8, 4) is 0 Å². The third-order valence-electron chi connectivity index (χ3n) is 6.21. The Morgan fingerprint density at radius 1 is 1.05 bits per heavy atom. The van der Waals surface area contributed by atoms with Crippen LogP contribution in [-0.4, -0.2) is 20.4 Å². The van der Waals surface area contributed by atoms with Gasteiger partial charge in [-0.2, -0.15) is 13.2 Å². The van der Waals surface area contributed by atoms with Gasteiger partial charge in [0.2, 0.25) is 0 Å². The van der Waals surface area contributed by atoms with Crippen molar-refractivity contribution in [1.29, 1.82) is 0 Å². The predicted octanol–water partition coefficient (Wildman–Crippen LogP) is 6.63. The van der Waals surface area contributed by atoms with Crippen LogP contribution in [0.15, 0.2) is 84.3 Å². The van der Waals surface area contributed by atoms with Crippen LogP contribution in [0.4, 0.5) is 17.6 Å². The molecule has 38 heavy (non-hydrogen) atoms. The van der Waals surface area contributed by atoms with Crippen LogP contribution in [0.2, 0.25) is 0 Å². The van der Waals surface area contributed by atoms with Crippen molar-refractivity contribution in [1.82, 2.24) is 9.88 Å². The largest absolute Gasteiger partial charge is 0.416 e. The Morgan fingerprint density at radius 2 is 1.79 bits per heavy atom. The second-order valence-corrected chi connectivity index (χ2v) is 10.5. The van der Waals surface area contributed by atoms with E-state index in [0.717, 1.165) is 33.5 Å². The van der Waals surface area contributed by atoms with E-state index in [2.05, 4.69) is 11.9 Å². The Labute approximate surface area is 220 Å². The number of allylic oxidation sites excluding steroid dienone is 1. The highest BCUT2D eigenvalue weighted by Gasteiger charge is 2.31. The topological polar surface area (TPSA) is 51.1 Å². The molecule has 0 spiro atoms. The van der Waals surface area contributed by atoms with E-state index in [1.54, 1.807) is 42.5 Å². The van der Waals surface area contributed by atoms with Crippen LogP contribution in [0, 0.1) is 5.82 Å². The number of alkyl halides is 3. The smallest absolute Gasteiger partial charge is 0.348 e. The summed E-state index contributed by atoms with van der Waals surface area (Å²) in [7, 11) is -1.04. The van der Waals surface area contributed by atoms with Gasteiger partial charge < -0.3 is 9.88 Å². The molecule has 0 aliphatic carbocycles. The summed E-state index contributed by atoms with van der Waals surface area (Å²) in [4.78, 5) is 13.6. The second-order valence-electron chi connectivity index (χ2n) is 8.75. The Balaban J connectivity index is 1.54. The van der Waals surface area contributed by atoms with Gasteiger partial charge in [-0.05, 0) is 59.7 Å². The van der Waals surface area contributed by atoms with E-state index in [-0.39, 0.29) is 17.9 Å². The van der Waals surface area contributed by atoms with E-state index in [1.807, 2.05) is 23.6 Å². The lowest BCUT2D eigenvalue weighted by molar-refractivity contribution is -0.137. The highest BCUT2D eigenvalue weighted by molar-refractivity contribution is 7.85. The van der Waals surface area contributed by atoms with Crippen molar-refractivity contribution in [2.24, 2.45) is 0 Å². The zero-order valence-corrected chi connectivity index (χ0v) is 21.5. The molecule has 1 unspecified atom stereocenters. The van der Waals surface area contributed by atoms with Gasteiger partial charge in [0, 0.05) is 52.3 Å². The molecular weight excluding hydrogens is 516 g/mol. The number of aromatic nitrogens is 1. The van der Waals surface area contributed by atoms with E-state index in [9.17, 15) is 26.6 Å². The number of halogens is 4. The Hall–Kier alpha value is -3.72. The van der Waals surface area contributed by atoms with Gasteiger partial charge in [0.05, 0.1) is 16.4 Å².